The summed E-state index contributed by atoms with van der Waals surface area (Å²) in [7, 11) is 0. The van der Waals surface area contributed by atoms with Crippen LogP contribution in [0, 0.1) is 5.82 Å². The maximum absolute atomic E-state index is 13.8. The van der Waals surface area contributed by atoms with E-state index in [4.69, 9.17) is 0 Å². The van der Waals surface area contributed by atoms with Crippen LogP contribution in [0.25, 0.3) is 5.65 Å². The Morgan fingerprint density at radius 3 is 2.88 bits per heavy atom. The van der Waals surface area contributed by atoms with Crippen molar-refractivity contribution in [3.63, 3.8) is 0 Å². The van der Waals surface area contributed by atoms with Crippen molar-refractivity contribution in [3.05, 3.63) is 48.3 Å². The van der Waals surface area contributed by atoms with Crippen LogP contribution in [0.4, 0.5) is 10.2 Å². The standard InChI is InChI=1S/C16H16FN7/c17-13-2-1-5-18-14(13)9-22-7-11-6-12(8-22)24(11)16-4-3-15-20-19-10-23(15)21-16/h1-5,10-12H,6-9H2. The number of piperazine rings is 1. The number of hydrogen-bond donors (Lipinski definition) is 0. The van der Waals surface area contributed by atoms with Crippen LogP contribution in [-0.4, -0.2) is 54.9 Å². The second-order valence-electron chi connectivity index (χ2n) is 6.40. The molecule has 7 nitrogen and oxygen atoms in total. The third-order valence-electron chi connectivity index (χ3n) is 4.89. The molecule has 3 fully saturated rings. The Morgan fingerprint density at radius 1 is 1.17 bits per heavy atom. The Bertz CT molecular complexity index is 883. The lowest BCUT2D eigenvalue weighted by Crippen LogP contribution is -2.69. The van der Waals surface area contributed by atoms with Crippen molar-refractivity contribution >= 4 is 11.5 Å². The number of hydrogen-bond acceptors (Lipinski definition) is 6. The molecule has 3 aliphatic rings. The highest BCUT2D eigenvalue weighted by atomic mass is 19.1. The first-order chi connectivity index (χ1) is 11.8. The van der Waals surface area contributed by atoms with E-state index in [1.54, 1.807) is 23.1 Å². The zero-order chi connectivity index (χ0) is 16.1. The van der Waals surface area contributed by atoms with E-state index in [-0.39, 0.29) is 5.82 Å². The van der Waals surface area contributed by atoms with Crippen molar-refractivity contribution in [2.45, 2.75) is 25.0 Å². The quantitative estimate of drug-likeness (QED) is 0.719. The smallest absolute Gasteiger partial charge is 0.177 e. The molecule has 24 heavy (non-hydrogen) atoms. The summed E-state index contributed by atoms with van der Waals surface area (Å²) in [5.74, 6) is 0.723. The molecule has 3 saturated heterocycles. The zero-order valence-corrected chi connectivity index (χ0v) is 13.0. The number of rotatable bonds is 3. The van der Waals surface area contributed by atoms with Gasteiger partial charge in [-0.3, -0.25) is 9.88 Å². The topological polar surface area (TPSA) is 62.5 Å². The van der Waals surface area contributed by atoms with Gasteiger partial charge in [-0.1, -0.05) is 0 Å². The fourth-order valence-electron chi connectivity index (χ4n) is 3.80. The summed E-state index contributed by atoms with van der Waals surface area (Å²) < 4.78 is 15.5. The number of fused-ring (bicyclic) bond motifs is 3. The van der Waals surface area contributed by atoms with Gasteiger partial charge in [0.15, 0.2) is 5.65 Å². The van der Waals surface area contributed by atoms with Crippen LogP contribution in [0.3, 0.4) is 0 Å². The minimum Gasteiger partial charge on any atom is -0.346 e. The third kappa shape index (κ3) is 2.14. The van der Waals surface area contributed by atoms with E-state index in [0.29, 0.717) is 24.3 Å². The van der Waals surface area contributed by atoms with Crippen LogP contribution >= 0.6 is 0 Å². The van der Waals surface area contributed by atoms with Crippen molar-refractivity contribution in [2.24, 2.45) is 0 Å². The average molecular weight is 325 g/mol. The summed E-state index contributed by atoms with van der Waals surface area (Å²) in [5.41, 5.74) is 1.27. The van der Waals surface area contributed by atoms with E-state index in [9.17, 15) is 4.39 Å². The maximum atomic E-state index is 13.8. The molecule has 0 aromatic carbocycles. The van der Waals surface area contributed by atoms with Crippen LogP contribution in [0.5, 0.6) is 0 Å². The van der Waals surface area contributed by atoms with Gasteiger partial charge in [-0.25, -0.2) is 4.39 Å². The zero-order valence-electron chi connectivity index (χ0n) is 13.0. The van der Waals surface area contributed by atoms with Crippen molar-refractivity contribution in [2.75, 3.05) is 18.0 Å². The highest BCUT2D eigenvalue weighted by Gasteiger charge is 2.45. The fourth-order valence-corrected chi connectivity index (χ4v) is 3.80. The SMILES string of the molecule is Fc1cccnc1CN1CC2CC(C1)N2c1ccc2nncn2n1. The van der Waals surface area contributed by atoms with Crippen molar-refractivity contribution in [1.29, 1.82) is 0 Å². The van der Waals surface area contributed by atoms with Gasteiger partial charge in [0.25, 0.3) is 0 Å². The normalized spacial score (nSPS) is 23.5. The van der Waals surface area contributed by atoms with E-state index in [1.165, 1.54) is 6.07 Å². The lowest BCUT2D eigenvalue weighted by Gasteiger charge is -2.56. The molecule has 3 aliphatic heterocycles. The minimum atomic E-state index is -0.228. The Balaban J connectivity index is 1.32. The van der Waals surface area contributed by atoms with Gasteiger partial charge in [-0.05, 0) is 30.7 Å². The maximum Gasteiger partial charge on any atom is 0.177 e. The third-order valence-corrected chi connectivity index (χ3v) is 4.89. The van der Waals surface area contributed by atoms with Gasteiger partial charge in [-0.2, -0.15) is 4.52 Å². The van der Waals surface area contributed by atoms with E-state index in [2.05, 4.69) is 30.1 Å². The number of aromatic nitrogens is 5. The Hall–Kier alpha value is -2.61. The first kappa shape index (κ1) is 13.8. The van der Waals surface area contributed by atoms with Gasteiger partial charge >= 0.3 is 0 Å². The predicted octanol–water partition coefficient (Wildman–Crippen LogP) is 1.12. The number of nitrogens with zero attached hydrogens (tertiary/aromatic N) is 7. The fraction of sp³-hybridized carbons (Fsp3) is 0.375. The number of piperidine rings is 1. The summed E-state index contributed by atoms with van der Waals surface area (Å²) >= 11 is 0. The van der Waals surface area contributed by atoms with Crippen LogP contribution < -0.4 is 4.90 Å². The number of halogens is 1. The monoisotopic (exact) mass is 325 g/mol. The van der Waals surface area contributed by atoms with Crippen molar-refractivity contribution in [1.82, 2.24) is 29.7 Å². The second-order valence-corrected chi connectivity index (χ2v) is 6.40. The lowest BCUT2D eigenvalue weighted by molar-refractivity contribution is 0.105. The second kappa shape index (κ2) is 5.20. The molecule has 6 rings (SSSR count). The molecular formula is C16H16FN7. The highest BCUT2D eigenvalue weighted by molar-refractivity contribution is 5.50. The Kier molecular flexibility index (Phi) is 2.99. The molecule has 122 valence electrons. The van der Waals surface area contributed by atoms with Crippen molar-refractivity contribution < 1.29 is 4.39 Å². The molecule has 0 radical (unpaired) electrons. The predicted molar refractivity (Wildman–Crippen MR) is 84.9 cm³/mol. The molecule has 0 aliphatic carbocycles. The molecule has 2 bridgehead atoms. The molecule has 3 aromatic rings. The number of anilines is 1. The highest BCUT2D eigenvalue weighted by Crippen LogP contribution is 2.36. The molecule has 0 amide bonds. The molecule has 8 heteroatoms. The molecule has 2 atom stereocenters. The first-order valence-corrected chi connectivity index (χ1v) is 8.05. The van der Waals surface area contributed by atoms with Gasteiger partial charge in [0, 0.05) is 37.9 Å². The molecule has 2 unspecified atom stereocenters. The summed E-state index contributed by atoms with van der Waals surface area (Å²) in [4.78, 5) is 8.79. The molecule has 0 N–H and O–H groups in total. The van der Waals surface area contributed by atoms with E-state index in [0.717, 1.165) is 31.0 Å². The van der Waals surface area contributed by atoms with E-state index in [1.807, 2.05) is 12.1 Å². The van der Waals surface area contributed by atoms with Gasteiger partial charge < -0.3 is 4.90 Å². The molecule has 0 spiro atoms. The van der Waals surface area contributed by atoms with Gasteiger partial charge in [0.2, 0.25) is 0 Å². The van der Waals surface area contributed by atoms with Crippen LogP contribution in [0.15, 0.2) is 36.8 Å². The average Bonchev–Trinajstić information content (AvgIpc) is 3.05. The summed E-state index contributed by atoms with van der Waals surface area (Å²) in [6.45, 7) is 2.36. The summed E-state index contributed by atoms with van der Waals surface area (Å²) in [5, 5.41) is 12.4. The Labute approximate surface area is 137 Å². The van der Waals surface area contributed by atoms with Crippen molar-refractivity contribution in [3.8, 4) is 0 Å². The van der Waals surface area contributed by atoms with Gasteiger partial charge in [-0.15, -0.1) is 15.3 Å². The first-order valence-electron chi connectivity index (χ1n) is 8.05. The van der Waals surface area contributed by atoms with E-state index >= 15 is 0 Å². The lowest BCUT2D eigenvalue weighted by atomic mass is 9.87. The molecule has 0 saturated carbocycles. The van der Waals surface area contributed by atoms with Crippen LogP contribution in [0.2, 0.25) is 0 Å². The molecule has 3 aromatic heterocycles. The van der Waals surface area contributed by atoms with E-state index < -0.39 is 0 Å². The Morgan fingerprint density at radius 2 is 2.04 bits per heavy atom. The van der Waals surface area contributed by atoms with Gasteiger partial charge in [0.1, 0.15) is 18.0 Å². The van der Waals surface area contributed by atoms with Crippen LogP contribution in [0.1, 0.15) is 12.1 Å². The minimum absolute atomic E-state index is 0.228. The molecular weight excluding hydrogens is 309 g/mol. The largest absolute Gasteiger partial charge is 0.346 e. The number of pyridine rings is 1. The van der Waals surface area contributed by atoms with Gasteiger partial charge in [0.05, 0.1) is 5.69 Å². The summed E-state index contributed by atoms with van der Waals surface area (Å²) in [6, 6.07) is 7.86. The molecule has 6 heterocycles. The van der Waals surface area contributed by atoms with Crippen LogP contribution in [-0.2, 0) is 6.54 Å². The summed E-state index contributed by atoms with van der Waals surface area (Å²) in [6.07, 6.45) is 4.42.